The number of hydrogen-bond acceptors (Lipinski definition) is 1. The van der Waals surface area contributed by atoms with Crippen LogP contribution in [0.5, 0.6) is 0 Å². The summed E-state index contributed by atoms with van der Waals surface area (Å²) in [6.07, 6.45) is 0. The van der Waals surface area contributed by atoms with Crippen molar-refractivity contribution in [3.05, 3.63) is 46.2 Å². The highest BCUT2D eigenvalue weighted by Crippen LogP contribution is 2.27. The molecule has 0 radical (unpaired) electrons. The Morgan fingerprint density at radius 3 is 2.79 bits per heavy atom. The van der Waals surface area contributed by atoms with E-state index in [4.69, 9.17) is 5.26 Å². The fraction of sp³-hybridized carbons (Fsp3) is 0. The van der Waals surface area contributed by atoms with Crippen LogP contribution in [-0.2, 0) is 0 Å². The zero-order chi connectivity index (χ0) is 10.1. The van der Waals surface area contributed by atoms with E-state index in [0.29, 0.717) is 15.4 Å². The van der Waals surface area contributed by atoms with Crippen molar-refractivity contribution in [3.63, 3.8) is 0 Å². The van der Waals surface area contributed by atoms with Crippen LogP contribution in [0.1, 0.15) is 5.56 Å². The van der Waals surface area contributed by atoms with Gasteiger partial charge in [0.25, 0.3) is 0 Å². The van der Waals surface area contributed by atoms with Gasteiger partial charge in [0.2, 0.25) is 0 Å². The zero-order valence-electron chi connectivity index (χ0n) is 7.09. The molecule has 0 aliphatic rings. The van der Waals surface area contributed by atoms with E-state index in [1.807, 2.05) is 12.1 Å². The van der Waals surface area contributed by atoms with Crippen molar-refractivity contribution in [2.45, 2.75) is 0 Å². The molecule has 3 heteroatoms. The molecule has 0 bridgehead atoms. The summed E-state index contributed by atoms with van der Waals surface area (Å²) in [5.74, 6) is -0.369. The lowest BCUT2D eigenvalue weighted by atomic mass is 10.1. The van der Waals surface area contributed by atoms with Gasteiger partial charge in [-0.15, -0.1) is 0 Å². The summed E-state index contributed by atoms with van der Waals surface area (Å²) < 4.78 is 14.2. The SMILES string of the molecule is N#Cc1cc(F)c2c(Br)cccc2c1. The summed E-state index contributed by atoms with van der Waals surface area (Å²) in [5.41, 5.74) is 0.341. The molecular formula is C11H5BrFN. The number of nitriles is 1. The van der Waals surface area contributed by atoms with Crippen molar-refractivity contribution in [2.24, 2.45) is 0 Å². The second kappa shape index (κ2) is 3.39. The molecule has 0 saturated carbocycles. The van der Waals surface area contributed by atoms with Crippen LogP contribution in [0.25, 0.3) is 10.8 Å². The fourth-order valence-electron chi connectivity index (χ4n) is 1.40. The van der Waals surface area contributed by atoms with Gasteiger partial charge in [0.15, 0.2) is 0 Å². The molecule has 2 aromatic carbocycles. The molecule has 2 rings (SSSR count). The smallest absolute Gasteiger partial charge is 0.133 e. The van der Waals surface area contributed by atoms with Crippen molar-refractivity contribution < 1.29 is 4.39 Å². The average molecular weight is 250 g/mol. The molecule has 68 valence electrons. The first-order valence-electron chi connectivity index (χ1n) is 4.00. The quantitative estimate of drug-likeness (QED) is 0.700. The third-order valence-electron chi connectivity index (χ3n) is 2.01. The minimum absolute atomic E-state index is 0.341. The maximum absolute atomic E-state index is 13.5. The van der Waals surface area contributed by atoms with Crippen molar-refractivity contribution in [1.29, 1.82) is 5.26 Å². The Kier molecular flexibility index (Phi) is 2.22. The van der Waals surface area contributed by atoms with Crippen molar-refractivity contribution in [3.8, 4) is 6.07 Å². The van der Waals surface area contributed by atoms with Gasteiger partial charge in [-0.25, -0.2) is 4.39 Å². The molecule has 0 heterocycles. The van der Waals surface area contributed by atoms with E-state index >= 15 is 0 Å². The summed E-state index contributed by atoms with van der Waals surface area (Å²) in [5, 5.41) is 9.91. The first kappa shape index (κ1) is 9.17. The molecule has 0 aliphatic carbocycles. The van der Waals surface area contributed by atoms with Gasteiger partial charge >= 0.3 is 0 Å². The summed E-state index contributed by atoms with van der Waals surface area (Å²) in [7, 11) is 0. The summed E-state index contributed by atoms with van der Waals surface area (Å²) in [4.78, 5) is 0. The van der Waals surface area contributed by atoms with Crippen molar-refractivity contribution in [1.82, 2.24) is 0 Å². The first-order valence-corrected chi connectivity index (χ1v) is 4.79. The van der Waals surface area contributed by atoms with Gasteiger partial charge in [-0.3, -0.25) is 0 Å². The molecule has 0 saturated heterocycles. The molecule has 14 heavy (non-hydrogen) atoms. The zero-order valence-corrected chi connectivity index (χ0v) is 8.68. The minimum Gasteiger partial charge on any atom is -0.206 e. The van der Waals surface area contributed by atoms with E-state index in [2.05, 4.69) is 15.9 Å². The summed E-state index contributed by atoms with van der Waals surface area (Å²) in [6, 6.07) is 10.2. The van der Waals surface area contributed by atoms with Gasteiger partial charge in [0.1, 0.15) is 5.82 Å². The Labute approximate surface area is 88.9 Å². The van der Waals surface area contributed by atoms with Crippen molar-refractivity contribution in [2.75, 3.05) is 0 Å². The first-order chi connectivity index (χ1) is 6.72. The Hall–Kier alpha value is -1.40. The van der Waals surface area contributed by atoms with E-state index in [-0.39, 0.29) is 5.82 Å². The molecule has 0 atom stereocenters. The van der Waals surface area contributed by atoms with Crippen LogP contribution in [0.2, 0.25) is 0 Å². The van der Waals surface area contributed by atoms with Crippen LogP contribution in [0, 0.1) is 17.1 Å². The van der Waals surface area contributed by atoms with E-state index in [0.717, 1.165) is 5.39 Å². The van der Waals surface area contributed by atoms with Gasteiger partial charge in [0.05, 0.1) is 11.6 Å². The third-order valence-corrected chi connectivity index (χ3v) is 2.67. The number of fused-ring (bicyclic) bond motifs is 1. The van der Waals surface area contributed by atoms with Crippen LogP contribution >= 0.6 is 15.9 Å². The topological polar surface area (TPSA) is 23.8 Å². The Bertz CT molecular complexity index is 543. The molecule has 0 fully saturated rings. The van der Waals surface area contributed by atoms with Gasteiger partial charge in [-0.05, 0) is 23.6 Å². The van der Waals surface area contributed by atoms with Gasteiger partial charge < -0.3 is 0 Å². The van der Waals surface area contributed by atoms with E-state index in [1.54, 1.807) is 18.2 Å². The molecule has 1 nitrogen and oxygen atoms in total. The normalized spacial score (nSPS) is 10.1. The molecule has 0 N–H and O–H groups in total. The maximum atomic E-state index is 13.5. The van der Waals surface area contributed by atoms with Gasteiger partial charge in [0, 0.05) is 9.86 Å². The highest BCUT2D eigenvalue weighted by atomic mass is 79.9. The molecule has 0 aromatic heterocycles. The van der Waals surface area contributed by atoms with Crippen molar-refractivity contribution >= 4 is 26.7 Å². The monoisotopic (exact) mass is 249 g/mol. The molecular weight excluding hydrogens is 245 g/mol. The van der Waals surface area contributed by atoms with Gasteiger partial charge in [-0.1, -0.05) is 28.1 Å². The van der Waals surface area contributed by atoms with Crippen LogP contribution in [-0.4, -0.2) is 0 Å². The standard InChI is InChI=1S/C11H5BrFN/c12-9-3-1-2-8-4-7(6-14)5-10(13)11(8)9/h1-5H. The number of hydrogen-bond donors (Lipinski definition) is 0. The fourth-order valence-corrected chi connectivity index (χ4v) is 1.97. The van der Waals surface area contributed by atoms with E-state index in [9.17, 15) is 4.39 Å². The molecule has 0 spiro atoms. The molecule has 2 aromatic rings. The average Bonchev–Trinajstić information content (AvgIpc) is 2.17. The third kappa shape index (κ3) is 1.38. The van der Waals surface area contributed by atoms with Crippen LogP contribution < -0.4 is 0 Å². The Morgan fingerprint density at radius 1 is 1.29 bits per heavy atom. The number of halogens is 2. The van der Waals surface area contributed by atoms with E-state index < -0.39 is 0 Å². The largest absolute Gasteiger partial charge is 0.206 e. The number of rotatable bonds is 0. The Balaban J connectivity index is 2.91. The predicted octanol–water partition coefficient (Wildman–Crippen LogP) is 3.61. The second-order valence-corrected chi connectivity index (χ2v) is 3.76. The lowest BCUT2D eigenvalue weighted by molar-refractivity contribution is 0.639. The number of nitrogens with zero attached hydrogens (tertiary/aromatic N) is 1. The predicted molar refractivity (Wildman–Crippen MR) is 56.3 cm³/mol. The summed E-state index contributed by atoms with van der Waals surface area (Å²) in [6.45, 7) is 0. The van der Waals surface area contributed by atoms with Crippen LogP contribution in [0.4, 0.5) is 4.39 Å². The minimum atomic E-state index is -0.369. The number of benzene rings is 2. The van der Waals surface area contributed by atoms with E-state index in [1.165, 1.54) is 6.07 Å². The highest BCUT2D eigenvalue weighted by molar-refractivity contribution is 9.10. The highest BCUT2D eigenvalue weighted by Gasteiger charge is 2.06. The van der Waals surface area contributed by atoms with Crippen LogP contribution in [0.15, 0.2) is 34.8 Å². The Morgan fingerprint density at radius 2 is 2.07 bits per heavy atom. The second-order valence-electron chi connectivity index (χ2n) is 2.91. The lowest BCUT2D eigenvalue weighted by Crippen LogP contribution is -1.84. The van der Waals surface area contributed by atoms with Crippen LogP contribution in [0.3, 0.4) is 0 Å². The molecule has 0 unspecified atom stereocenters. The molecule has 0 amide bonds. The maximum Gasteiger partial charge on any atom is 0.133 e. The molecule has 0 aliphatic heterocycles. The van der Waals surface area contributed by atoms with Gasteiger partial charge in [-0.2, -0.15) is 5.26 Å². The lowest BCUT2D eigenvalue weighted by Gasteiger charge is -2.02. The summed E-state index contributed by atoms with van der Waals surface area (Å²) >= 11 is 3.27.